The summed E-state index contributed by atoms with van der Waals surface area (Å²) in [5.41, 5.74) is -0.410. The minimum absolute atomic E-state index is 0.235. The number of rotatable bonds is 7. The summed E-state index contributed by atoms with van der Waals surface area (Å²) in [7, 11) is -1.62. The van der Waals surface area contributed by atoms with Crippen LogP contribution in [0.4, 0.5) is 0 Å². The summed E-state index contributed by atoms with van der Waals surface area (Å²) in [4.78, 5) is 11.9. The predicted octanol–water partition coefficient (Wildman–Crippen LogP) is 2.88. The third-order valence-corrected chi connectivity index (χ3v) is 7.56. The summed E-state index contributed by atoms with van der Waals surface area (Å²) in [6.45, 7) is 8.10. The Morgan fingerprint density at radius 1 is 0.962 bits per heavy atom. The molecule has 0 aromatic heterocycles. The van der Waals surface area contributed by atoms with Crippen LogP contribution < -0.4 is 10.4 Å². The maximum absolute atomic E-state index is 11.9. The highest BCUT2D eigenvalue weighted by atomic mass is 28.4. The van der Waals surface area contributed by atoms with Crippen LogP contribution in [0.3, 0.4) is 0 Å². The molecule has 0 saturated heterocycles. The second kappa shape index (κ2) is 8.62. The highest BCUT2D eigenvalue weighted by Crippen LogP contribution is 2.20. The molecule has 0 heterocycles. The number of hydrogen-bond donors (Lipinski definition) is 0. The van der Waals surface area contributed by atoms with E-state index in [1.807, 2.05) is 81.4 Å². The van der Waals surface area contributed by atoms with E-state index < -0.39 is 14.2 Å². The maximum atomic E-state index is 11.9. The maximum Gasteiger partial charge on any atom is 0.407 e. The van der Waals surface area contributed by atoms with E-state index in [1.165, 1.54) is 7.11 Å². The number of carbonyl (C=O) groups is 1. The second-order valence-corrected chi connectivity index (χ2v) is 10.2. The van der Waals surface area contributed by atoms with Crippen molar-refractivity contribution in [3.8, 4) is 0 Å². The van der Waals surface area contributed by atoms with E-state index in [-0.39, 0.29) is 18.5 Å². The van der Waals surface area contributed by atoms with Crippen LogP contribution in [0.15, 0.2) is 60.7 Å². The topological polar surface area (TPSA) is 44.8 Å². The molecule has 4 nitrogen and oxygen atoms in total. The average Bonchev–Trinajstić information content (AvgIpc) is 2.64. The van der Waals surface area contributed by atoms with Gasteiger partial charge >= 0.3 is 14.5 Å². The number of esters is 1. The van der Waals surface area contributed by atoms with Crippen molar-refractivity contribution in [2.75, 3.05) is 13.7 Å². The molecule has 0 unspecified atom stereocenters. The van der Waals surface area contributed by atoms with Gasteiger partial charge in [-0.3, -0.25) is 4.79 Å². The lowest BCUT2D eigenvalue weighted by Crippen LogP contribution is -2.66. The zero-order chi connectivity index (χ0) is 19.2. The number of ether oxygens (including phenoxy) is 1. The Bertz CT molecular complexity index is 655. The monoisotopic (exact) mass is 372 g/mol. The fraction of sp³-hybridized carbons (Fsp3) is 0.381. The van der Waals surface area contributed by atoms with Crippen molar-refractivity contribution in [2.24, 2.45) is 5.92 Å². The van der Waals surface area contributed by atoms with Crippen molar-refractivity contribution >= 4 is 24.9 Å². The molecule has 0 fully saturated rings. The van der Waals surface area contributed by atoms with Crippen LogP contribution in [0.5, 0.6) is 0 Å². The van der Waals surface area contributed by atoms with Gasteiger partial charge in [-0.05, 0) is 38.1 Å². The lowest BCUT2D eigenvalue weighted by molar-refractivity contribution is -0.145. The van der Waals surface area contributed by atoms with Gasteiger partial charge < -0.3 is 13.6 Å². The molecule has 0 spiro atoms. The summed E-state index contributed by atoms with van der Waals surface area (Å²) in [5, 5.41) is 2.02. The largest absolute Gasteiger partial charge is 0.469 e. The number of carbonyl (C=O) groups excluding carboxylic acids is 1. The van der Waals surface area contributed by atoms with E-state index in [2.05, 4.69) is 0 Å². The average molecular weight is 373 g/mol. The van der Waals surface area contributed by atoms with Gasteiger partial charge in [-0.25, -0.2) is 0 Å². The molecule has 0 aliphatic heterocycles. The van der Waals surface area contributed by atoms with Crippen LogP contribution in [0.1, 0.15) is 27.7 Å². The Labute approximate surface area is 157 Å². The van der Waals surface area contributed by atoms with Crippen LogP contribution in [-0.2, 0) is 18.4 Å². The lowest BCUT2D eigenvalue weighted by atomic mass is 10.2. The van der Waals surface area contributed by atoms with Crippen molar-refractivity contribution in [2.45, 2.75) is 33.3 Å². The molecule has 140 valence electrons. The van der Waals surface area contributed by atoms with Gasteiger partial charge in [0.2, 0.25) is 0 Å². The van der Waals surface area contributed by atoms with E-state index in [0.29, 0.717) is 0 Å². The van der Waals surface area contributed by atoms with Gasteiger partial charge in [0.15, 0.2) is 0 Å². The Hall–Kier alpha value is -1.95. The molecule has 0 aliphatic carbocycles. The van der Waals surface area contributed by atoms with E-state index in [0.717, 1.165) is 10.4 Å². The molecule has 2 aromatic carbocycles. The molecule has 0 aliphatic rings. The quantitative estimate of drug-likeness (QED) is 0.554. The third-order valence-electron chi connectivity index (χ3n) is 3.90. The van der Waals surface area contributed by atoms with Gasteiger partial charge in [-0.15, -0.1) is 0 Å². The zero-order valence-electron chi connectivity index (χ0n) is 16.2. The number of hydrogen-bond acceptors (Lipinski definition) is 4. The fourth-order valence-corrected chi connectivity index (χ4v) is 6.31. The summed E-state index contributed by atoms with van der Waals surface area (Å²) in [6, 6.07) is 20.0. The van der Waals surface area contributed by atoms with Crippen molar-refractivity contribution < 1.29 is 18.4 Å². The molecular formula is C21H28O4Si. The predicted molar refractivity (Wildman–Crippen MR) is 106 cm³/mol. The first-order valence-electron chi connectivity index (χ1n) is 8.81. The molecule has 0 N–H and O–H groups in total. The van der Waals surface area contributed by atoms with E-state index in [9.17, 15) is 4.79 Å². The molecule has 0 radical (unpaired) electrons. The fourth-order valence-electron chi connectivity index (χ4n) is 2.74. The number of methoxy groups -OCH3 is 1. The molecule has 1 atom stereocenters. The molecule has 26 heavy (non-hydrogen) atoms. The first-order chi connectivity index (χ1) is 12.3. The normalized spacial score (nSPS) is 13.3. The molecule has 2 aromatic rings. The van der Waals surface area contributed by atoms with Crippen LogP contribution in [-0.4, -0.2) is 33.8 Å². The molecule has 0 saturated carbocycles. The van der Waals surface area contributed by atoms with Crippen LogP contribution in [0.25, 0.3) is 0 Å². The zero-order valence-corrected chi connectivity index (χ0v) is 17.2. The van der Waals surface area contributed by atoms with Crippen LogP contribution in [0, 0.1) is 5.92 Å². The van der Waals surface area contributed by atoms with Crippen molar-refractivity contribution in [1.82, 2.24) is 0 Å². The van der Waals surface area contributed by atoms with Crippen LogP contribution in [0.2, 0.25) is 0 Å². The van der Waals surface area contributed by atoms with Crippen molar-refractivity contribution in [3.05, 3.63) is 60.7 Å². The SMILES string of the molecule is COC(=O)[C@@H](C)CO[Si](OC(C)(C)C)(c1ccccc1)c1ccccc1. The smallest absolute Gasteiger partial charge is 0.407 e. The molecule has 0 bridgehead atoms. The van der Waals surface area contributed by atoms with Gasteiger partial charge in [-0.1, -0.05) is 60.7 Å². The molecular weight excluding hydrogens is 344 g/mol. The van der Waals surface area contributed by atoms with E-state index in [1.54, 1.807) is 6.92 Å². The minimum Gasteiger partial charge on any atom is -0.469 e. The first-order valence-corrected chi connectivity index (χ1v) is 10.6. The summed E-state index contributed by atoms with van der Waals surface area (Å²) >= 11 is 0. The highest BCUT2D eigenvalue weighted by molar-refractivity contribution is 6.92. The minimum atomic E-state index is -3.01. The summed E-state index contributed by atoms with van der Waals surface area (Å²) < 4.78 is 17.9. The first kappa shape index (κ1) is 20.4. The summed E-state index contributed by atoms with van der Waals surface area (Å²) in [5.74, 6) is -0.660. The Balaban J connectivity index is 2.51. The van der Waals surface area contributed by atoms with Gasteiger partial charge in [-0.2, -0.15) is 0 Å². The molecule has 2 rings (SSSR count). The van der Waals surface area contributed by atoms with Crippen LogP contribution >= 0.6 is 0 Å². The third kappa shape index (κ3) is 5.03. The van der Waals surface area contributed by atoms with E-state index >= 15 is 0 Å². The highest BCUT2D eigenvalue weighted by Gasteiger charge is 2.46. The van der Waals surface area contributed by atoms with Crippen molar-refractivity contribution in [3.63, 3.8) is 0 Å². The van der Waals surface area contributed by atoms with Gasteiger partial charge in [0.1, 0.15) is 0 Å². The summed E-state index contributed by atoms with van der Waals surface area (Å²) in [6.07, 6.45) is 0. The standard InChI is InChI=1S/C21H28O4Si/c1-17(20(22)23-5)16-24-26(25-21(2,3)4,18-12-8-6-9-13-18)19-14-10-7-11-15-19/h6-15,17H,16H2,1-5H3/t17-/m0/s1. The van der Waals surface area contributed by atoms with Gasteiger partial charge in [0.05, 0.1) is 18.6 Å². The van der Waals surface area contributed by atoms with Crippen molar-refractivity contribution in [1.29, 1.82) is 0 Å². The molecule has 0 amide bonds. The Morgan fingerprint density at radius 3 is 1.81 bits per heavy atom. The number of benzene rings is 2. The lowest BCUT2D eigenvalue weighted by Gasteiger charge is -2.38. The Kier molecular flexibility index (Phi) is 6.75. The Morgan fingerprint density at radius 2 is 1.42 bits per heavy atom. The van der Waals surface area contributed by atoms with Gasteiger partial charge in [0.25, 0.3) is 0 Å². The molecule has 5 heteroatoms. The van der Waals surface area contributed by atoms with Gasteiger partial charge in [0, 0.05) is 6.61 Å². The van der Waals surface area contributed by atoms with E-state index in [4.69, 9.17) is 13.6 Å². The second-order valence-electron chi connectivity index (χ2n) is 7.30.